The molecule has 1 N–H and O–H groups in total. The molecule has 0 aliphatic rings. The van der Waals surface area contributed by atoms with Crippen molar-refractivity contribution < 1.29 is 9.53 Å². The SMILES string of the molecule is COC(=O)c1c[nH]n2c(=O)c(Cc3cc(C)ccc3C)c(C)nc12. The number of carbonyl (C=O) groups excluding carboxylic acids is 1. The van der Waals surface area contributed by atoms with E-state index in [0.717, 1.165) is 16.7 Å². The molecule has 0 spiro atoms. The van der Waals surface area contributed by atoms with E-state index in [9.17, 15) is 9.59 Å². The number of aryl methyl sites for hydroxylation is 3. The van der Waals surface area contributed by atoms with Crippen LogP contribution in [0.2, 0.25) is 0 Å². The van der Waals surface area contributed by atoms with Gasteiger partial charge in [0.25, 0.3) is 5.56 Å². The topological polar surface area (TPSA) is 76.5 Å². The molecule has 0 fully saturated rings. The summed E-state index contributed by atoms with van der Waals surface area (Å²) in [5, 5.41) is 2.79. The summed E-state index contributed by atoms with van der Waals surface area (Å²) in [6, 6.07) is 6.18. The second-order valence-electron chi connectivity index (χ2n) is 5.93. The Hall–Kier alpha value is -2.89. The maximum Gasteiger partial charge on any atom is 0.343 e. The first-order valence-electron chi connectivity index (χ1n) is 7.66. The van der Waals surface area contributed by atoms with Crippen molar-refractivity contribution in [3.8, 4) is 0 Å². The van der Waals surface area contributed by atoms with E-state index in [1.807, 2.05) is 26.0 Å². The van der Waals surface area contributed by atoms with Crippen LogP contribution in [0, 0.1) is 20.8 Å². The summed E-state index contributed by atoms with van der Waals surface area (Å²) in [5.41, 5.74) is 4.93. The van der Waals surface area contributed by atoms with Crippen LogP contribution in [0.3, 0.4) is 0 Å². The minimum absolute atomic E-state index is 0.200. The van der Waals surface area contributed by atoms with Crippen molar-refractivity contribution in [2.45, 2.75) is 27.2 Å². The van der Waals surface area contributed by atoms with Crippen molar-refractivity contribution >= 4 is 11.6 Å². The predicted molar refractivity (Wildman–Crippen MR) is 90.6 cm³/mol. The third kappa shape index (κ3) is 2.60. The fourth-order valence-electron chi connectivity index (χ4n) is 2.80. The molecule has 0 saturated carbocycles. The zero-order valence-corrected chi connectivity index (χ0v) is 14.1. The molecule has 0 atom stereocenters. The minimum Gasteiger partial charge on any atom is -0.465 e. The molecule has 124 valence electrons. The molecule has 0 aliphatic carbocycles. The number of carbonyl (C=O) groups is 1. The minimum atomic E-state index is -0.526. The molecular formula is C18H19N3O3. The molecule has 0 bridgehead atoms. The highest BCUT2D eigenvalue weighted by Crippen LogP contribution is 2.17. The van der Waals surface area contributed by atoms with E-state index in [2.05, 4.69) is 16.1 Å². The summed E-state index contributed by atoms with van der Waals surface area (Å²) < 4.78 is 6.01. The number of hydrogen-bond donors (Lipinski definition) is 1. The highest BCUT2D eigenvalue weighted by molar-refractivity contribution is 5.95. The van der Waals surface area contributed by atoms with Crippen LogP contribution in [-0.2, 0) is 11.2 Å². The lowest BCUT2D eigenvalue weighted by molar-refractivity contribution is 0.0602. The number of H-pyrrole nitrogens is 1. The molecule has 6 nitrogen and oxygen atoms in total. The van der Waals surface area contributed by atoms with Gasteiger partial charge < -0.3 is 4.74 Å². The van der Waals surface area contributed by atoms with Crippen LogP contribution in [0.5, 0.6) is 0 Å². The molecule has 0 amide bonds. The Morgan fingerprint density at radius 2 is 2.04 bits per heavy atom. The fourth-order valence-corrected chi connectivity index (χ4v) is 2.80. The van der Waals surface area contributed by atoms with E-state index in [1.165, 1.54) is 17.8 Å². The number of ether oxygens (including phenoxy) is 1. The van der Waals surface area contributed by atoms with Crippen LogP contribution in [0.1, 0.15) is 38.3 Å². The summed E-state index contributed by atoms with van der Waals surface area (Å²) in [6.07, 6.45) is 1.94. The number of rotatable bonds is 3. The molecule has 24 heavy (non-hydrogen) atoms. The summed E-state index contributed by atoms with van der Waals surface area (Å²) in [5.74, 6) is -0.526. The zero-order chi connectivity index (χ0) is 17.4. The highest BCUT2D eigenvalue weighted by atomic mass is 16.5. The lowest BCUT2D eigenvalue weighted by Crippen LogP contribution is -2.22. The highest BCUT2D eigenvalue weighted by Gasteiger charge is 2.18. The summed E-state index contributed by atoms with van der Waals surface area (Å²) in [7, 11) is 1.30. The van der Waals surface area contributed by atoms with Crippen molar-refractivity contribution in [2.75, 3.05) is 7.11 Å². The molecule has 0 unspecified atom stereocenters. The number of benzene rings is 1. The average Bonchev–Trinajstić information content (AvgIpc) is 2.97. The number of nitrogens with zero attached hydrogens (tertiary/aromatic N) is 2. The number of methoxy groups -OCH3 is 1. The van der Waals surface area contributed by atoms with Gasteiger partial charge in [0.15, 0.2) is 5.65 Å². The van der Waals surface area contributed by atoms with Gasteiger partial charge in [0.2, 0.25) is 0 Å². The van der Waals surface area contributed by atoms with Crippen LogP contribution in [0.15, 0.2) is 29.2 Å². The normalized spacial score (nSPS) is 11.0. The van der Waals surface area contributed by atoms with Crippen LogP contribution < -0.4 is 5.56 Å². The van der Waals surface area contributed by atoms with E-state index in [4.69, 9.17) is 4.74 Å². The third-order valence-corrected chi connectivity index (χ3v) is 4.24. The molecule has 2 aromatic heterocycles. The number of fused-ring (bicyclic) bond motifs is 1. The van der Waals surface area contributed by atoms with Gasteiger partial charge in [-0.3, -0.25) is 9.89 Å². The van der Waals surface area contributed by atoms with E-state index >= 15 is 0 Å². The van der Waals surface area contributed by atoms with Crippen molar-refractivity contribution in [3.63, 3.8) is 0 Å². The second kappa shape index (κ2) is 5.96. The average molecular weight is 325 g/mol. The first-order chi connectivity index (χ1) is 11.4. The second-order valence-corrected chi connectivity index (χ2v) is 5.93. The number of esters is 1. The number of hydrogen-bond acceptors (Lipinski definition) is 4. The maximum atomic E-state index is 12.8. The van der Waals surface area contributed by atoms with Gasteiger partial charge in [-0.25, -0.2) is 14.3 Å². The van der Waals surface area contributed by atoms with Gasteiger partial charge in [0.05, 0.1) is 7.11 Å². The summed E-state index contributed by atoms with van der Waals surface area (Å²) in [6.45, 7) is 5.84. The summed E-state index contributed by atoms with van der Waals surface area (Å²) >= 11 is 0. The largest absolute Gasteiger partial charge is 0.465 e. The standard InChI is InChI=1S/C18H19N3O3/c1-10-5-6-11(2)13(7-10)8-14-12(3)20-16-15(18(23)24-4)9-19-21(16)17(14)22/h5-7,9,19H,8H2,1-4H3. The molecule has 3 aromatic rings. The van der Waals surface area contributed by atoms with Crippen molar-refractivity contribution in [1.29, 1.82) is 0 Å². The molecule has 1 aromatic carbocycles. The van der Waals surface area contributed by atoms with Gasteiger partial charge in [0.1, 0.15) is 5.56 Å². The number of nitrogens with one attached hydrogen (secondary N) is 1. The third-order valence-electron chi connectivity index (χ3n) is 4.24. The number of aromatic nitrogens is 3. The van der Waals surface area contributed by atoms with Gasteiger partial charge in [-0.05, 0) is 31.9 Å². The monoisotopic (exact) mass is 325 g/mol. The molecule has 6 heteroatoms. The molecule has 3 rings (SSSR count). The van der Waals surface area contributed by atoms with Gasteiger partial charge in [-0.1, -0.05) is 23.8 Å². The van der Waals surface area contributed by atoms with Gasteiger partial charge in [0, 0.05) is 23.9 Å². The Labute approximate surface area is 139 Å². The first kappa shape index (κ1) is 16.0. The Morgan fingerprint density at radius 3 is 2.75 bits per heavy atom. The van der Waals surface area contributed by atoms with Gasteiger partial charge in [-0.2, -0.15) is 0 Å². The fraction of sp³-hybridized carbons (Fsp3) is 0.278. The zero-order valence-electron chi connectivity index (χ0n) is 14.1. The van der Waals surface area contributed by atoms with Crippen molar-refractivity contribution in [3.05, 3.63) is 68.3 Å². The Bertz CT molecular complexity index is 999. The Balaban J connectivity index is 2.15. The first-order valence-corrected chi connectivity index (χ1v) is 7.66. The Morgan fingerprint density at radius 1 is 1.29 bits per heavy atom. The molecule has 0 aliphatic heterocycles. The van der Waals surface area contributed by atoms with E-state index < -0.39 is 5.97 Å². The van der Waals surface area contributed by atoms with E-state index in [-0.39, 0.29) is 16.8 Å². The Kier molecular flexibility index (Phi) is 3.97. The van der Waals surface area contributed by atoms with Gasteiger partial charge in [-0.15, -0.1) is 0 Å². The van der Waals surface area contributed by atoms with E-state index in [0.29, 0.717) is 17.7 Å². The molecular weight excluding hydrogens is 306 g/mol. The quantitative estimate of drug-likeness (QED) is 0.750. The number of aromatic amines is 1. The molecule has 0 saturated heterocycles. The van der Waals surface area contributed by atoms with Crippen molar-refractivity contribution in [2.24, 2.45) is 0 Å². The smallest absolute Gasteiger partial charge is 0.343 e. The van der Waals surface area contributed by atoms with E-state index in [1.54, 1.807) is 6.92 Å². The lowest BCUT2D eigenvalue weighted by atomic mass is 9.98. The molecule has 0 radical (unpaired) electrons. The lowest BCUT2D eigenvalue weighted by Gasteiger charge is -2.09. The summed E-state index contributed by atoms with van der Waals surface area (Å²) in [4.78, 5) is 29.0. The van der Waals surface area contributed by atoms with Gasteiger partial charge >= 0.3 is 5.97 Å². The van der Waals surface area contributed by atoms with Crippen molar-refractivity contribution in [1.82, 2.24) is 14.6 Å². The van der Waals surface area contributed by atoms with Crippen LogP contribution in [0.25, 0.3) is 5.65 Å². The predicted octanol–water partition coefficient (Wildman–Crippen LogP) is 2.33. The van der Waals surface area contributed by atoms with Crippen LogP contribution >= 0.6 is 0 Å². The maximum absolute atomic E-state index is 12.8. The van der Waals surface area contributed by atoms with Crippen LogP contribution in [0.4, 0.5) is 0 Å². The molecule has 2 heterocycles. The van der Waals surface area contributed by atoms with Crippen LogP contribution in [-0.4, -0.2) is 27.7 Å².